The van der Waals surface area contributed by atoms with Crippen LogP contribution in [0.4, 0.5) is 5.69 Å². The summed E-state index contributed by atoms with van der Waals surface area (Å²) in [7, 11) is 0. The van der Waals surface area contributed by atoms with Gasteiger partial charge in [0.15, 0.2) is 0 Å². The summed E-state index contributed by atoms with van der Waals surface area (Å²) in [4.78, 5) is 0. The maximum Gasteiger partial charge on any atom is 0.142 e. The predicted molar refractivity (Wildman–Crippen MR) is 84.4 cm³/mol. The monoisotopic (exact) mass is 297 g/mol. The molecule has 0 fully saturated rings. The van der Waals surface area contributed by atoms with E-state index in [4.69, 9.17) is 14.2 Å². The van der Waals surface area contributed by atoms with E-state index in [0.717, 1.165) is 17.2 Å². The number of aliphatic hydroxyl groups is 1. The highest BCUT2D eigenvalue weighted by Crippen LogP contribution is 2.29. The van der Waals surface area contributed by atoms with Gasteiger partial charge in [-0.05, 0) is 39.8 Å². The van der Waals surface area contributed by atoms with Gasteiger partial charge in [0.25, 0.3) is 0 Å². The molecule has 0 radical (unpaired) electrons. The van der Waals surface area contributed by atoms with Crippen LogP contribution in [-0.4, -0.2) is 43.7 Å². The topological polar surface area (TPSA) is 60.0 Å². The van der Waals surface area contributed by atoms with Crippen molar-refractivity contribution in [2.75, 3.05) is 31.7 Å². The Morgan fingerprint density at radius 2 is 1.86 bits per heavy atom. The first-order chi connectivity index (χ1) is 10.1. The first-order valence-corrected chi connectivity index (χ1v) is 7.50. The minimum Gasteiger partial charge on any atom is -0.494 e. The SMILES string of the molecule is CCOc1ccc(OCC)c(NCC(O)COC(C)C)c1. The Morgan fingerprint density at radius 1 is 1.14 bits per heavy atom. The fourth-order valence-corrected chi connectivity index (χ4v) is 1.78. The first kappa shape index (κ1) is 17.6. The Hall–Kier alpha value is -1.46. The van der Waals surface area contributed by atoms with Gasteiger partial charge < -0.3 is 24.6 Å². The zero-order valence-electron chi connectivity index (χ0n) is 13.4. The molecule has 5 heteroatoms. The number of hydrogen-bond donors (Lipinski definition) is 2. The summed E-state index contributed by atoms with van der Waals surface area (Å²) in [6.07, 6.45) is -0.461. The zero-order valence-corrected chi connectivity index (χ0v) is 13.4. The van der Waals surface area contributed by atoms with Crippen LogP contribution in [0.5, 0.6) is 11.5 Å². The number of rotatable bonds is 10. The van der Waals surface area contributed by atoms with Crippen molar-refractivity contribution in [3.8, 4) is 11.5 Å². The molecule has 120 valence electrons. The van der Waals surface area contributed by atoms with Crippen LogP contribution in [0.25, 0.3) is 0 Å². The van der Waals surface area contributed by atoms with Crippen molar-refractivity contribution >= 4 is 5.69 Å². The number of nitrogens with one attached hydrogen (secondary N) is 1. The van der Waals surface area contributed by atoms with Crippen molar-refractivity contribution in [2.24, 2.45) is 0 Å². The molecule has 0 heterocycles. The van der Waals surface area contributed by atoms with Crippen molar-refractivity contribution in [1.82, 2.24) is 0 Å². The Morgan fingerprint density at radius 3 is 2.48 bits per heavy atom. The summed E-state index contributed by atoms with van der Waals surface area (Å²) in [5.74, 6) is 1.52. The third kappa shape index (κ3) is 6.69. The maximum absolute atomic E-state index is 9.89. The van der Waals surface area contributed by atoms with E-state index < -0.39 is 6.10 Å². The largest absolute Gasteiger partial charge is 0.494 e. The van der Waals surface area contributed by atoms with Crippen LogP contribution < -0.4 is 14.8 Å². The van der Waals surface area contributed by atoms with Gasteiger partial charge >= 0.3 is 0 Å². The smallest absolute Gasteiger partial charge is 0.142 e. The molecule has 0 saturated carbocycles. The Balaban J connectivity index is 2.63. The minimum atomic E-state index is -0.572. The van der Waals surface area contributed by atoms with Gasteiger partial charge in [-0.15, -0.1) is 0 Å². The van der Waals surface area contributed by atoms with E-state index in [2.05, 4.69) is 5.32 Å². The van der Waals surface area contributed by atoms with Crippen molar-refractivity contribution in [1.29, 1.82) is 0 Å². The molecular weight excluding hydrogens is 270 g/mol. The van der Waals surface area contributed by atoms with E-state index in [1.54, 1.807) is 0 Å². The van der Waals surface area contributed by atoms with Gasteiger partial charge in [0.05, 0.1) is 37.7 Å². The molecule has 2 N–H and O–H groups in total. The van der Waals surface area contributed by atoms with E-state index in [0.29, 0.717) is 26.4 Å². The molecule has 0 spiro atoms. The lowest BCUT2D eigenvalue weighted by atomic mass is 10.2. The second-order valence-corrected chi connectivity index (χ2v) is 4.94. The number of aliphatic hydroxyl groups excluding tert-OH is 1. The van der Waals surface area contributed by atoms with Gasteiger partial charge in [-0.1, -0.05) is 0 Å². The third-order valence-electron chi connectivity index (χ3n) is 2.71. The molecule has 1 aromatic carbocycles. The van der Waals surface area contributed by atoms with Crippen molar-refractivity contribution in [2.45, 2.75) is 39.9 Å². The van der Waals surface area contributed by atoms with Gasteiger partial charge in [0.2, 0.25) is 0 Å². The van der Waals surface area contributed by atoms with Gasteiger partial charge in [0.1, 0.15) is 11.5 Å². The number of hydrogen-bond acceptors (Lipinski definition) is 5. The quantitative estimate of drug-likeness (QED) is 0.695. The fraction of sp³-hybridized carbons (Fsp3) is 0.625. The lowest BCUT2D eigenvalue weighted by Gasteiger charge is -2.17. The van der Waals surface area contributed by atoms with E-state index in [1.165, 1.54) is 0 Å². The number of ether oxygens (including phenoxy) is 3. The molecule has 0 bridgehead atoms. The molecule has 1 unspecified atom stereocenters. The maximum atomic E-state index is 9.89. The summed E-state index contributed by atoms with van der Waals surface area (Å²) in [6, 6.07) is 5.62. The first-order valence-electron chi connectivity index (χ1n) is 7.50. The van der Waals surface area contributed by atoms with Crippen LogP contribution >= 0.6 is 0 Å². The van der Waals surface area contributed by atoms with Gasteiger partial charge in [0, 0.05) is 12.6 Å². The summed E-state index contributed by atoms with van der Waals surface area (Å²) in [6.45, 7) is 9.65. The predicted octanol–water partition coefficient (Wildman–Crippen LogP) is 2.68. The molecule has 5 nitrogen and oxygen atoms in total. The molecule has 0 aliphatic rings. The second kappa shape index (κ2) is 9.47. The molecule has 1 rings (SSSR count). The molecule has 0 aliphatic heterocycles. The van der Waals surface area contributed by atoms with Crippen molar-refractivity contribution in [3.63, 3.8) is 0 Å². The van der Waals surface area contributed by atoms with Crippen LogP contribution in [0.1, 0.15) is 27.7 Å². The number of benzene rings is 1. The molecule has 1 aromatic rings. The molecule has 1 atom stereocenters. The molecule has 0 amide bonds. The average Bonchev–Trinajstić information content (AvgIpc) is 2.45. The summed E-state index contributed by atoms with van der Waals surface area (Å²) in [5.41, 5.74) is 0.811. The summed E-state index contributed by atoms with van der Waals surface area (Å²) in [5, 5.41) is 13.1. The van der Waals surface area contributed by atoms with Crippen LogP contribution in [0.2, 0.25) is 0 Å². The zero-order chi connectivity index (χ0) is 15.7. The van der Waals surface area contributed by atoms with E-state index in [1.807, 2.05) is 45.9 Å². The summed E-state index contributed by atoms with van der Waals surface area (Å²) >= 11 is 0. The highest BCUT2D eigenvalue weighted by atomic mass is 16.5. The fourth-order valence-electron chi connectivity index (χ4n) is 1.78. The second-order valence-electron chi connectivity index (χ2n) is 4.94. The lowest BCUT2D eigenvalue weighted by molar-refractivity contribution is 0.0112. The van der Waals surface area contributed by atoms with E-state index in [9.17, 15) is 5.11 Å². The van der Waals surface area contributed by atoms with Gasteiger partial charge in [-0.25, -0.2) is 0 Å². The van der Waals surface area contributed by atoms with Crippen LogP contribution in [0.15, 0.2) is 18.2 Å². The number of anilines is 1. The highest BCUT2D eigenvalue weighted by Gasteiger charge is 2.09. The summed E-state index contributed by atoms with van der Waals surface area (Å²) < 4.78 is 16.4. The van der Waals surface area contributed by atoms with Gasteiger partial charge in [-0.3, -0.25) is 0 Å². The van der Waals surface area contributed by atoms with Crippen LogP contribution in [-0.2, 0) is 4.74 Å². The minimum absolute atomic E-state index is 0.111. The molecule has 0 aromatic heterocycles. The lowest BCUT2D eigenvalue weighted by Crippen LogP contribution is -2.26. The Kier molecular flexibility index (Phi) is 7.93. The van der Waals surface area contributed by atoms with Gasteiger partial charge in [-0.2, -0.15) is 0 Å². The Bertz CT molecular complexity index is 409. The molecule has 0 saturated heterocycles. The van der Waals surface area contributed by atoms with Crippen molar-refractivity contribution < 1.29 is 19.3 Å². The molecular formula is C16H27NO4. The van der Waals surface area contributed by atoms with Crippen LogP contribution in [0, 0.1) is 0 Å². The van der Waals surface area contributed by atoms with Crippen molar-refractivity contribution in [3.05, 3.63) is 18.2 Å². The average molecular weight is 297 g/mol. The Labute approximate surface area is 127 Å². The third-order valence-corrected chi connectivity index (χ3v) is 2.71. The molecule has 21 heavy (non-hydrogen) atoms. The molecule has 0 aliphatic carbocycles. The normalized spacial score (nSPS) is 12.3. The standard InChI is InChI=1S/C16H27NO4/c1-5-19-14-7-8-16(20-6-2)15(9-14)17-10-13(18)11-21-12(3)4/h7-9,12-13,17-18H,5-6,10-11H2,1-4H3. The van der Waals surface area contributed by atoms with Crippen LogP contribution in [0.3, 0.4) is 0 Å². The van der Waals surface area contributed by atoms with E-state index >= 15 is 0 Å². The highest BCUT2D eigenvalue weighted by molar-refractivity contribution is 5.59. The van der Waals surface area contributed by atoms with E-state index in [-0.39, 0.29) is 6.10 Å².